The van der Waals surface area contributed by atoms with Crippen molar-refractivity contribution < 1.29 is 0 Å². The van der Waals surface area contributed by atoms with Crippen molar-refractivity contribution in [3.8, 4) is 0 Å². The van der Waals surface area contributed by atoms with Crippen molar-refractivity contribution in [3.63, 3.8) is 0 Å². The van der Waals surface area contributed by atoms with Gasteiger partial charge >= 0.3 is 0 Å². The zero-order chi connectivity index (χ0) is 11.4. The van der Waals surface area contributed by atoms with E-state index in [1.807, 2.05) is 0 Å². The van der Waals surface area contributed by atoms with Crippen LogP contribution in [0.3, 0.4) is 0 Å². The Kier molecular flexibility index (Phi) is 12.1. The van der Waals surface area contributed by atoms with E-state index in [0.29, 0.717) is 0 Å². The fourth-order valence-corrected chi connectivity index (χ4v) is 2.04. The van der Waals surface area contributed by atoms with E-state index in [4.69, 9.17) is 0 Å². The molecule has 0 N–H and O–H groups in total. The molecule has 0 nitrogen and oxygen atoms in total. The topological polar surface area (TPSA) is 0 Å². The standard InChI is InChI=1S/C15H31/c1-4-6-8-9-10-12-14-15(3)13-11-7-5-2/h15H,3-14H2,1-2H3. The van der Waals surface area contributed by atoms with Crippen LogP contribution in [0.1, 0.15) is 84.5 Å². The molecule has 0 aromatic heterocycles. The first kappa shape index (κ1) is 15.0. The fourth-order valence-electron chi connectivity index (χ4n) is 2.04. The third kappa shape index (κ3) is 11.9. The molecule has 0 aliphatic rings. The van der Waals surface area contributed by atoms with Gasteiger partial charge in [0, 0.05) is 0 Å². The van der Waals surface area contributed by atoms with Gasteiger partial charge < -0.3 is 0 Å². The van der Waals surface area contributed by atoms with E-state index in [2.05, 4.69) is 20.8 Å². The van der Waals surface area contributed by atoms with Crippen LogP contribution in [-0.2, 0) is 0 Å². The second-order valence-corrected chi connectivity index (χ2v) is 4.92. The minimum Gasteiger partial charge on any atom is -0.0654 e. The molecule has 0 aliphatic carbocycles. The molecule has 0 saturated carbocycles. The molecule has 0 aliphatic heterocycles. The van der Waals surface area contributed by atoms with Crippen molar-refractivity contribution in [2.24, 2.45) is 5.92 Å². The van der Waals surface area contributed by atoms with E-state index in [9.17, 15) is 0 Å². The number of hydrogen-bond acceptors (Lipinski definition) is 0. The molecule has 0 aromatic rings. The molecule has 91 valence electrons. The summed E-state index contributed by atoms with van der Waals surface area (Å²) in [5, 5.41) is 0. The Bertz CT molecular complexity index is 107. The summed E-state index contributed by atoms with van der Waals surface area (Å²) in [5.41, 5.74) is 0. The van der Waals surface area contributed by atoms with Gasteiger partial charge in [-0.1, -0.05) is 91.4 Å². The Morgan fingerprint density at radius 2 is 1.07 bits per heavy atom. The lowest BCUT2D eigenvalue weighted by Gasteiger charge is -2.10. The van der Waals surface area contributed by atoms with Crippen molar-refractivity contribution >= 4 is 0 Å². The van der Waals surface area contributed by atoms with E-state index < -0.39 is 0 Å². The van der Waals surface area contributed by atoms with Crippen LogP contribution in [-0.4, -0.2) is 0 Å². The highest BCUT2D eigenvalue weighted by molar-refractivity contribution is 4.61. The summed E-state index contributed by atoms with van der Waals surface area (Å²) < 4.78 is 0. The summed E-state index contributed by atoms with van der Waals surface area (Å²) in [6, 6.07) is 0. The number of unbranched alkanes of at least 4 members (excludes halogenated alkanes) is 7. The lowest BCUT2D eigenvalue weighted by Crippen LogP contribution is -1.95. The maximum absolute atomic E-state index is 4.24. The first-order chi connectivity index (χ1) is 7.31. The van der Waals surface area contributed by atoms with Crippen molar-refractivity contribution in [1.82, 2.24) is 0 Å². The maximum atomic E-state index is 4.24. The quantitative estimate of drug-likeness (QED) is 0.381. The Labute approximate surface area is 97.8 Å². The molecular formula is C15H31. The van der Waals surface area contributed by atoms with E-state index in [1.165, 1.54) is 70.6 Å². The summed E-state index contributed by atoms with van der Waals surface area (Å²) in [5.74, 6) is 0.725. The van der Waals surface area contributed by atoms with Gasteiger partial charge in [0.15, 0.2) is 0 Å². The van der Waals surface area contributed by atoms with Crippen LogP contribution < -0.4 is 0 Å². The molecule has 0 heteroatoms. The van der Waals surface area contributed by atoms with Gasteiger partial charge in [-0.05, 0) is 5.92 Å². The fraction of sp³-hybridized carbons (Fsp3) is 0.933. The van der Waals surface area contributed by atoms with E-state index >= 15 is 0 Å². The molecule has 1 unspecified atom stereocenters. The minimum absolute atomic E-state index is 0.725. The van der Waals surface area contributed by atoms with Crippen LogP contribution in [0.2, 0.25) is 0 Å². The Hall–Kier alpha value is 0. The zero-order valence-electron chi connectivity index (χ0n) is 11.1. The molecule has 15 heavy (non-hydrogen) atoms. The van der Waals surface area contributed by atoms with Crippen LogP contribution in [0, 0.1) is 12.8 Å². The Morgan fingerprint density at radius 3 is 1.67 bits per heavy atom. The van der Waals surface area contributed by atoms with E-state index in [1.54, 1.807) is 0 Å². The molecule has 0 amide bonds. The first-order valence-corrected chi connectivity index (χ1v) is 7.14. The molecular weight excluding hydrogens is 180 g/mol. The lowest BCUT2D eigenvalue weighted by molar-refractivity contribution is 0.470. The molecule has 0 heterocycles. The average molecular weight is 211 g/mol. The second kappa shape index (κ2) is 12.1. The zero-order valence-corrected chi connectivity index (χ0v) is 11.1. The molecule has 0 fully saturated rings. The van der Waals surface area contributed by atoms with Gasteiger partial charge in [0.25, 0.3) is 0 Å². The monoisotopic (exact) mass is 211 g/mol. The highest BCUT2D eigenvalue weighted by Gasteiger charge is 2.01. The smallest absolute Gasteiger partial charge is 0.0414 e. The summed E-state index contributed by atoms with van der Waals surface area (Å²) in [4.78, 5) is 0. The number of rotatable bonds is 11. The molecule has 0 rings (SSSR count). The third-order valence-electron chi connectivity index (χ3n) is 3.18. The van der Waals surface area contributed by atoms with Crippen molar-refractivity contribution in [1.29, 1.82) is 0 Å². The second-order valence-electron chi connectivity index (χ2n) is 4.92. The van der Waals surface area contributed by atoms with E-state index in [0.717, 1.165) is 5.92 Å². The van der Waals surface area contributed by atoms with Crippen LogP contribution >= 0.6 is 0 Å². The highest BCUT2D eigenvalue weighted by atomic mass is 14.1. The van der Waals surface area contributed by atoms with Gasteiger partial charge in [0.05, 0.1) is 0 Å². The van der Waals surface area contributed by atoms with Crippen molar-refractivity contribution in [2.45, 2.75) is 84.5 Å². The molecule has 0 bridgehead atoms. The van der Waals surface area contributed by atoms with Crippen molar-refractivity contribution in [3.05, 3.63) is 6.92 Å². The summed E-state index contributed by atoms with van der Waals surface area (Å²) in [7, 11) is 0. The van der Waals surface area contributed by atoms with Crippen LogP contribution in [0.5, 0.6) is 0 Å². The van der Waals surface area contributed by atoms with Crippen LogP contribution in [0.4, 0.5) is 0 Å². The van der Waals surface area contributed by atoms with E-state index in [-0.39, 0.29) is 0 Å². The first-order valence-electron chi connectivity index (χ1n) is 7.14. The lowest BCUT2D eigenvalue weighted by atomic mass is 9.96. The van der Waals surface area contributed by atoms with Gasteiger partial charge in [-0.25, -0.2) is 0 Å². The molecule has 0 aromatic carbocycles. The van der Waals surface area contributed by atoms with Crippen molar-refractivity contribution in [2.75, 3.05) is 0 Å². The number of hydrogen-bond donors (Lipinski definition) is 0. The van der Waals surface area contributed by atoms with Crippen LogP contribution in [0.15, 0.2) is 0 Å². The highest BCUT2D eigenvalue weighted by Crippen LogP contribution is 2.17. The van der Waals surface area contributed by atoms with Gasteiger partial charge in [-0.15, -0.1) is 0 Å². The third-order valence-corrected chi connectivity index (χ3v) is 3.18. The molecule has 0 spiro atoms. The molecule has 1 atom stereocenters. The average Bonchev–Trinajstić information content (AvgIpc) is 2.23. The Balaban J connectivity index is 3.06. The Morgan fingerprint density at radius 1 is 0.667 bits per heavy atom. The maximum Gasteiger partial charge on any atom is -0.0414 e. The minimum atomic E-state index is 0.725. The van der Waals surface area contributed by atoms with Gasteiger partial charge in [0.2, 0.25) is 0 Å². The SMILES string of the molecule is [CH2]C(CCCCC)CCCCCCCC. The summed E-state index contributed by atoms with van der Waals surface area (Å²) in [6.07, 6.45) is 15.3. The molecule has 1 radical (unpaired) electrons. The largest absolute Gasteiger partial charge is 0.0654 e. The van der Waals surface area contributed by atoms with Gasteiger partial charge in [-0.3, -0.25) is 0 Å². The normalized spacial score (nSPS) is 13.0. The van der Waals surface area contributed by atoms with Gasteiger partial charge in [0.1, 0.15) is 0 Å². The van der Waals surface area contributed by atoms with Crippen LogP contribution in [0.25, 0.3) is 0 Å². The predicted octanol–water partition coefficient (Wildman–Crippen LogP) is 5.77. The predicted molar refractivity (Wildman–Crippen MR) is 71.0 cm³/mol. The summed E-state index contributed by atoms with van der Waals surface area (Å²) in [6.45, 7) is 8.79. The van der Waals surface area contributed by atoms with Gasteiger partial charge in [-0.2, -0.15) is 0 Å². The molecule has 0 saturated heterocycles. The summed E-state index contributed by atoms with van der Waals surface area (Å²) >= 11 is 0.